The molecule has 2 aromatic rings. The Morgan fingerprint density at radius 1 is 1.10 bits per heavy atom. The Labute approximate surface area is 120 Å². The molecule has 1 N–H and O–H groups in total. The summed E-state index contributed by atoms with van der Waals surface area (Å²) in [5.74, 6) is -1.96. The van der Waals surface area contributed by atoms with Crippen molar-refractivity contribution in [2.24, 2.45) is 0 Å². The molecular formula is C15H13ClF3N. The van der Waals surface area contributed by atoms with Crippen molar-refractivity contribution >= 4 is 11.6 Å². The minimum atomic E-state index is -0.769. The summed E-state index contributed by atoms with van der Waals surface area (Å²) in [7, 11) is 0. The van der Waals surface area contributed by atoms with E-state index in [4.69, 9.17) is 11.6 Å². The molecule has 1 atom stereocenters. The van der Waals surface area contributed by atoms with E-state index in [1.54, 1.807) is 0 Å². The van der Waals surface area contributed by atoms with Crippen molar-refractivity contribution in [1.82, 2.24) is 5.32 Å². The van der Waals surface area contributed by atoms with Gasteiger partial charge in [0.15, 0.2) is 0 Å². The molecular weight excluding hydrogens is 287 g/mol. The molecule has 0 radical (unpaired) electrons. The van der Waals surface area contributed by atoms with Crippen molar-refractivity contribution in [3.8, 4) is 0 Å². The lowest BCUT2D eigenvalue weighted by Crippen LogP contribution is -2.24. The fourth-order valence-electron chi connectivity index (χ4n) is 2.09. The van der Waals surface area contributed by atoms with Gasteiger partial charge in [0.2, 0.25) is 0 Å². The molecule has 1 unspecified atom stereocenters. The van der Waals surface area contributed by atoms with E-state index in [2.05, 4.69) is 5.32 Å². The summed E-state index contributed by atoms with van der Waals surface area (Å²) in [5, 5.41) is 3.16. The van der Waals surface area contributed by atoms with Crippen molar-refractivity contribution in [3.63, 3.8) is 0 Å². The van der Waals surface area contributed by atoms with E-state index < -0.39 is 23.5 Å². The molecule has 2 rings (SSSR count). The predicted molar refractivity (Wildman–Crippen MR) is 73.3 cm³/mol. The molecule has 5 heteroatoms. The lowest BCUT2D eigenvalue weighted by atomic mass is 9.97. The zero-order chi connectivity index (χ0) is 14.7. The van der Waals surface area contributed by atoms with Crippen LogP contribution in [0.1, 0.15) is 24.1 Å². The normalized spacial score (nSPS) is 12.4. The highest BCUT2D eigenvalue weighted by Crippen LogP contribution is 2.32. The van der Waals surface area contributed by atoms with Gasteiger partial charge in [-0.25, -0.2) is 13.2 Å². The van der Waals surface area contributed by atoms with Gasteiger partial charge in [-0.2, -0.15) is 0 Å². The molecule has 1 nitrogen and oxygen atoms in total. The SMILES string of the molecule is CCNC(c1ccc(F)cc1F)c1c(F)cccc1Cl. The Kier molecular flexibility index (Phi) is 4.68. The molecule has 0 fully saturated rings. The molecule has 0 saturated carbocycles. The van der Waals surface area contributed by atoms with Gasteiger partial charge < -0.3 is 5.32 Å². The molecule has 0 heterocycles. The van der Waals surface area contributed by atoms with Crippen LogP contribution >= 0.6 is 11.6 Å². The van der Waals surface area contributed by atoms with Crippen molar-refractivity contribution < 1.29 is 13.2 Å². The maximum Gasteiger partial charge on any atom is 0.131 e. The number of hydrogen-bond acceptors (Lipinski definition) is 1. The summed E-state index contributed by atoms with van der Waals surface area (Å²) in [6, 6.07) is 6.70. The number of halogens is 4. The van der Waals surface area contributed by atoms with Gasteiger partial charge in [0.25, 0.3) is 0 Å². The first-order valence-corrected chi connectivity index (χ1v) is 6.54. The van der Waals surface area contributed by atoms with Gasteiger partial charge in [-0.15, -0.1) is 0 Å². The van der Waals surface area contributed by atoms with Crippen molar-refractivity contribution in [2.45, 2.75) is 13.0 Å². The quantitative estimate of drug-likeness (QED) is 0.879. The topological polar surface area (TPSA) is 12.0 Å². The standard InChI is InChI=1S/C15H13ClF3N/c1-2-20-15(10-7-6-9(17)8-13(10)19)14-11(16)4-3-5-12(14)18/h3-8,15,20H,2H2,1H3. The van der Waals surface area contributed by atoms with Gasteiger partial charge in [0.05, 0.1) is 6.04 Å². The van der Waals surface area contributed by atoms with Crippen molar-refractivity contribution in [3.05, 3.63) is 70.0 Å². The van der Waals surface area contributed by atoms with Crippen molar-refractivity contribution in [1.29, 1.82) is 0 Å². The first-order valence-electron chi connectivity index (χ1n) is 6.16. The Morgan fingerprint density at radius 2 is 1.85 bits per heavy atom. The average molecular weight is 300 g/mol. The zero-order valence-corrected chi connectivity index (χ0v) is 11.5. The Hall–Kier alpha value is -1.52. The average Bonchev–Trinajstić information content (AvgIpc) is 2.38. The first-order chi connectivity index (χ1) is 9.54. The van der Waals surface area contributed by atoms with E-state index in [1.807, 2.05) is 6.92 Å². The lowest BCUT2D eigenvalue weighted by Gasteiger charge is -2.21. The van der Waals surface area contributed by atoms with E-state index in [-0.39, 0.29) is 16.1 Å². The van der Waals surface area contributed by atoms with Gasteiger partial charge in [0, 0.05) is 22.2 Å². The third-order valence-electron chi connectivity index (χ3n) is 2.97. The van der Waals surface area contributed by atoms with E-state index in [0.29, 0.717) is 6.54 Å². The molecule has 2 aromatic carbocycles. The van der Waals surface area contributed by atoms with Gasteiger partial charge in [-0.05, 0) is 24.7 Å². The smallest absolute Gasteiger partial charge is 0.131 e. The summed E-state index contributed by atoms with van der Waals surface area (Å²) in [5.41, 5.74) is 0.307. The fourth-order valence-corrected chi connectivity index (χ4v) is 2.37. The molecule has 0 bridgehead atoms. The summed E-state index contributed by atoms with van der Waals surface area (Å²) in [4.78, 5) is 0. The number of hydrogen-bond donors (Lipinski definition) is 1. The van der Waals surface area contributed by atoms with Crippen LogP contribution in [0.3, 0.4) is 0 Å². The lowest BCUT2D eigenvalue weighted by molar-refractivity contribution is 0.522. The van der Waals surface area contributed by atoms with Crippen LogP contribution in [-0.2, 0) is 0 Å². The highest BCUT2D eigenvalue weighted by Gasteiger charge is 2.23. The molecule has 0 spiro atoms. The van der Waals surface area contributed by atoms with E-state index in [0.717, 1.165) is 12.1 Å². The largest absolute Gasteiger partial charge is 0.306 e. The van der Waals surface area contributed by atoms with Gasteiger partial charge in [0.1, 0.15) is 17.5 Å². The Morgan fingerprint density at radius 3 is 2.45 bits per heavy atom. The molecule has 20 heavy (non-hydrogen) atoms. The van der Waals surface area contributed by atoms with Crippen LogP contribution in [0.15, 0.2) is 36.4 Å². The van der Waals surface area contributed by atoms with Crippen LogP contribution in [-0.4, -0.2) is 6.54 Å². The van der Waals surface area contributed by atoms with Crippen LogP contribution < -0.4 is 5.32 Å². The fraction of sp³-hybridized carbons (Fsp3) is 0.200. The van der Waals surface area contributed by atoms with E-state index in [1.165, 1.54) is 24.3 Å². The molecule has 0 aliphatic carbocycles. The molecule has 0 aromatic heterocycles. The highest BCUT2D eigenvalue weighted by molar-refractivity contribution is 6.31. The summed E-state index contributed by atoms with van der Waals surface area (Å²) in [6.45, 7) is 2.29. The van der Waals surface area contributed by atoms with Gasteiger partial charge in [-0.3, -0.25) is 0 Å². The predicted octanol–water partition coefficient (Wildman–Crippen LogP) is 4.46. The first kappa shape index (κ1) is 14.9. The van der Waals surface area contributed by atoms with Gasteiger partial charge in [-0.1, -0.05) is 30.7 Å². The molecule has 106 valence electrons. The van der Waals surface area contributed by atoms with Gasteiger partial charge >= 0.3 is 0 Å². The minimum Gasteiger partial charge on any atom is -0.306 e. The van der Waals surface area contributed by atoms with Crippen LogP contribution in [0.5, 0.6) is 0 Å². The van der Waals surface area contributed by atoms with Crippen LogP contribution in [0, 0.1) is 17.5 Å². The summed E-state index contributed by atoms with van der Waals surface area (Å²) < 4.78 is 40.9. The number of benzene rings is 2. The Balaban J connectivity index is 2.56. The highest BCUT2D eigenvalue weighted by atomic mass is 35.5. The molecule has 0 aliphatic rings. The Bertz CT molecular complexity index is 596. The third kappa shape index (κ3) is 2.97. The van der Waals surface area contributed by atoms with Crippen LogP contribution in [0.25, 0.3) is 0 Å². The van der Waals surface area contributed by atoms with Crippen LogP contribution in [0.4, 0.5) is 13.2 Å². The van der Waals surface area contributed by atoms with E-state index in [9.17, 15) is 13.2 Å². The molecule has 0 amide bonds. The maximum absolute atomic E-state index is 14.0. The van der Waals surface area contributed by atoms with Crippen molar-refractivity contribution in [2.75, 3.05) is 6.54 Å². The summed E-state index contributed by atoms with van der Waals surface area (Å²) in [6.07, 6.45) is 0. The second-order valence-electron chi connectivity index (χ2n) is 4.29. The maximum atomic E-state index is 14.0. The monoisotopic (exact) mass is 299 g/mol. The second kappa shape index (κ2) is 6.29. The summed E-state index contributed by atoms with van der Waals surface area (Å²) >= 11 is 6.02. The number of rotatable bonds is 4. The molecule has 0 saturated heterocycles. The minimum absolute atomic E-state index is 0.153. The zero-order valence-electron chi connectivity index (χ0n) is 10.8. The van der Waals surface area contributed by atoms with Crippen LogP contribution in [0.2, 0.25) is 5.02 Å². The second-order valence-corrected chi connectivity index (χ2v) is 4.70. The number of nitrogens with one attached hydrogen (secondary N) is 1. The third-order valence-corrected chi connectivity index (χ3v) is 3.30. The van der Waals surface area contributed by atoms with E-state index >= 15 is 0 Å². The molecule has 0 aliphatic heterocycles.